The van der Waals surface area contributed by atoms with Crippen molar-refractivity contribution >= 4 is 40.2 Å². The number of para-hydroxylation sites is 2. The van der Waals surface area contributed by atoms with E-state index in [0.29, 0.717) is 16.5 Å². The molecule has 1 aliphatic heterocycles. The lowest BCUT2D eigenvalue weighted by atomic mass is 9.95. The summed E-state index contributed by atoms with van der Waals surface area (Å²) in [6.07, 6.45) is 0. The van der Waals surface area contributed by atoms with Crippen LogP contribution in [-0.4, -0.2) is 22.6 Å². The Hall–Kier alpha value is -2.79. The molecule has 25 heavy (non-hydrogen) atoms. The number of halogens is 1. The molecule has 0 fully saturated rings. The number of nitrogens with one attached hydrogen (secondary N) is 1. The minimum absolute atomic E-state index is 0.353. The molecule has 3 aromatic rings. The number of carbonyl (C=O) groups excluding carboxylic acids is 1. The number of rotatable bonds is 2. The van der Waals surface area contributed by atoms with E-state index in [9.17, 15) is 4.79 Å². The van der Waals surface area contributed by atoms with E-state index >= 15 is 0 Å². The maximum absolute atomic E-state index is 12.5. The Morgan fingerprint density at radius 1 is 1.20 bits per heavy atom. The van der Waals surface area contributed by atoms with Gasteiger partial charge in [-0.15, -0.1) is 0 Å². The maximum atomic E-state index is 12.5. The number of allylic oxidation sites excluding steroid dienone is 1. The quantitative estimate of drug-likeness (QED) is 0.699. The number of ether oxygens (including phenoxy) is 1. The molecule has 126 valence electrons. The molecular formula is C19H16ClN3O2. The highest BCUT2D eigenvalue weighted by atomic mass is 35.5. The second-order valence-electron chi connectivity index (χ2n) is 5.88. The second-order valence-corrected chi connectivity index (χ2v) is 6.32. The first-order valence-electron chi connectivity index (χ1n) is 7.89. The molecule has 1 atom stereocenters. The first-order valence-corrected chi connectivity index (χ1v) is 8.27. The fourth-order valence-corrected chi connectivity index (χ4v) is 3.40. The van der Waals surface area contributed by atoms with Gasteiger partial charge in [-0.05, 0) is 36.8 Å². The molecule has 2 heterocycles. The van der Waals surface area contributed by atoms with Crippen LogP contribution in [0.3, 0.4) is 0 Å². The first kappa shape index (κ1) is 15.7. The zero-order chi connectivity index (χ0) is 17.6. The van der Waals surface area contributed by atoms with Crippen molar-refractivity contribution in [3.05, 3.63) is 64.7 Å². The van der Waals surface area contributed by atoms with E-state index in [-0.39, 0.29) is 12.0 Å². The Bertz CT molecular complexity index is 1010. The molecule has 0 saturated heterocycles. The molecule has 4 rings (SSSR count). The summed E-state index contributed by atoms with van der Waals surface area (Å²) >= 11 is 6.00. The average Bonchev–Trinajstić information content (AvgIpc) is 3.00. The Kier molecular flexibility index (Phi) is 3.73. The highest BCUT2D eigenvalue weighted by Crippen LogP contribution is 2.38. The van der Waals surface area contributed by atoms with Gasteiger partial charge >= 0.3 is 5.97 Å². The van der Waals surface area contributed by atoms with Gasteiger partial charge in [0.25, 0.3) is 0 Å². The summed E-state index contributed by atoms with van der Waals surface area (Å²) in [4.78, 5) is 17.2. The van der Waals surface area contributed by atoms with Gasteiger partial charge in [-0.2, -0.15) is 0 Å². The third kappa shape index (κ3) is 2.48. The van der Waals surface area contributed by atoms with E-state index in [1.807, 2.05) is 47.9 Å². The van der Waals surface area contributed by atoms with Crippen molar-refractivity contribution < 1.29 is 9.53 Å². The molecule has 0 bridgehead atoms. The largest absolute Gasteiger partial charge is 0.466 e. The summed E-state index contributed by atoms with van der Waals surface area (Å²) in [5.74, 6) is 0.333. The molecular weight excluding hydrogens is 338 g/mol. The Morgan fingerprint density at radius 3 is 2.64 bits per heavy atom. The maximum Gasteiger partial charge on any atom is 0.337 e. The third-order valence-electron chi connectivity index (χ3n) is 4.46. The van der Waals surface area contributed by atoms with Crippen LogP contribution >= 0.6 is 11.6 Å². The lowest BCUT2D eigenvalue weighted by Crippen LogP contribution is -2.27. The molecule has 1 aromatic heterocycles. The van der Waals surface area contributed by atoms with Gasteiger partial charge in [-0.1, -0.05) is 35.9 Å². The van der Waals surface area contributed by atoms with E-state index in [4.69, 9.17) is 16.3 Å². The third-order valence-corrected chi connectivity index (χ3v) is 4.71. The lowest BCUT2D eigenvalue weighted by Gasteiger charge is -2.29. The summed E-state index contributed by atoms with van der Waals surface area (Å²) < 4.78 is 7.00. The van der Waals surface area contributed by atoms with Gasteiger partial charge in [0.1, 0.15) is 0 Å². The van der Waals surface area contributed by atoms with E-state index in [0.717, 1.165) is 22.3 Å². The number of anilines is 1. The number of nitrogens with zero attached hydrogens (tertiary/aromatic N) is 2. The first-order chi connectivity index (χ1) is 12.1. The molecule has 0 radical (unpaired) electrons. The van der Waals surface area contributed by atoms with Gasteiger partial charge in [-0.25, -0.2) is 9.78 Å². The Labute approximate surface area is 149 Å². The van der Waals surface area contributed by atoms with Crippen LogP contribution in [0.1, 0.15) is 18.5 Å². The molecule has 0 aliphatic carbocycles. The number of esters is 1. The molecule has 0 spiro atoms. The number of carbonyl (C=O) groups is 1. The Balaban J connectivity index is 1.95. The van der Waals surface area contributed by atoms with Gasteiger partial charge in [0.2, 0.25) is 5.95 Å². The van der Waals surface area contributed by atoms with Crippen LogP contribution in [0.4, 0.5) is 5.95 Å². The number of imidazole rings is 1. The molecule has 6 heteroatoms. The van der Waals surface area contributed by atoms with Crippen LogP contribution in [0.25, 0.3) is 16.7 Å². The van der Waals surface area contributed by atoms with Crippen molar-refractivity contribution in [2.45, 2.75) is 13.0 Å². The van der Waals surface area contributed by atoms with Crippen molar-refractivity contribution in [2.24, 2.45) is 0 Å². The van der Waals surface area contributed by atoms with E-state index in [1.165, 1.54) is 7.11 Å². The van der Waals surface area contributed by atoms with Crippen molar-refractivity contribution in [3.8, 4) is 0 Å². The van der Waals surface area contributed by atoms with Crippen molar-refractivity contribution in [1.29, 1.82) is 0 Å². The van der Waals surface area contributed by atoms with Crippen LogP contribution < -0.4 is 5.32 Å². The Morgan fingerprint density at radius 2 is 1.92 bits per heavy atom. The van der Waals surface area contributed by atoms with Gasteiger partial charge < -0.3 is 10.1 Å². The van der Waals surface area contributed by atoms with Crippen molar-refractivity contribution in [2.75, 3.05) is 12.4 Å². The van der Waals surface area contributed by atoms with Crippen LogP contribution in [0.15, 0.2) is 54.1 Å². The molecule has 1 N–H and O–H groups in total. The highest BCUT2D eigenvalue weighted by Gasteiger charge is 2.33. The predicted molar refractivity (Wildman–Crippen MR) is 98.5 cm³/mol. The number of hydrogen-bond acceptors (Lipinski definition) is 4. The number of fused-ring (bicyclic) bond motifs is 3. The van der Waals surface area contributed by atoms with E-state index < -0.39 is 0 Å². The topological polar surface area (TPSA) is 56.2 Å². The molecule has 0 saturated carbocycles. The standard InChI is InChI=1S/C19H16ClN3O2/c1-11-16(18(24)25-2)17(12-7-9-13(20)10-8-12)22-19-21-14-5-3-4-6-15(14)23(11)19/h3-10,17H,1-2H3,(H,21,22). The fraction of sp³-hybridized carbons (Fsp3) is 0.158. The molecule has 5 nitrogen and oxygen atoms in total. The monoisotopic (exact) mass is 353 g/mol. The van der Waals surface area contributed by atoms with Crippen LogP contribution in [0.5, 0.6) is 0 Å². The predicted octanol–water partition coefficient (Wildman–Crippen LogP) is 4.26. The van der Waals surface area contributed by atoms with E-state index in [2.05, 4.69) is 10.3 Å². The minimum Gasteiger partial charge on any atom is -0.466 e. The van der Waals surface area contributed by atoms with Crippen LogP contribution in [0, 0.1) is 0 Å². The van der Waals surface area contributed by atoms with Gasteiger partial charge in [0, 0.05) is 10.7 Å². The molecule has 2 aromatic carbocycles. The number of methoxy groups -OCH3 is 1. The van der Waals surface area contributed by atoms with E-state index in [1.54, 1.807) is 12.1 Å². The smallest absolute Gasteiger partial charge is 0.337 e. The van der Waals surface area contributed by atoms with Gasteiger partial charge in [-0.3, -0.25) is 4.57 Å². The number of hydrogen-bond donors (Lipinski definition) is 1. The van der Waals surface area contributed by atoms with Crippen LogP contribution in [0.2, 0.25) is 5.02 Å². The number of benzene rings is 2. The number of aromatic nitrogens is 2. The SMILES string of the molecule is COC(=O)C1=C(C)n2c(nc3ccccc32)NC1c1ccc(Cl)cc1. The summed E-state index contributed by atoms with van der Waals surface area (Å²) in [6, 6.07) is 14.9. The summed E-state index contributed by atoms with van der Waals surface area (Å²) in [7, 11) is 1.39. The summed E-state index contributed by atoms with van der Waals surface area (Å²) in [6.45, 7) is 1.91. The zero-order valence-corrected chi connectivity index (χ0v) is 14.5. The minimum atomic E-state index is -0.367. The average molecular weight is 354 g/mol. The van der Waals surface area contributed by atoms with Gasteiger partial charge in [0.15, 0.2) is 0 Å². The molecule has 1 unspecified atom stereocenters. The molecule has 0 amide bonds. The normalized spacial score (nSPS) is 16.5. The molecule has 1 aliphatic rings. The fourth-order valence-electron chi connectivity index (χ4n) is 3.27. The lowest BCUT2D eigenvalue weighted by molar-refractivity contribution is -0.136. The van der Waals surface area contributed by atoms with Crippen LogP contribution in [-0.2, 0) is 9.53 Å². The van der Waals surface area contributed by atoms with Crippen molar-refractivity contribution in [3.63, 3.8) is 0 Å². The zero-order valence-electron chi connectivity index (χ0n) is 13.8. The summed E-state index contributed by atoms with van der Waals surface area (Å²) in [5, 5.41) is 4.01. The second kappa shape index (κ2) is 5.93. The van der Waals surface area contributed by atoms with Crippen molar-refractivity contribution in [1.82, 2.24) is 9.55 Å². The van der Waals surface area contributed by atoms with Gasteiger partial charge in [0.05, 0.1) is 29.8 Å². The summed E-state index contributed by atoms with van der Waals surface area (Å²) in [5.41, 5.74) is 4.08. The highest BCUT2D eigenvalue weighted by molar-refractivity contribution is 6.30.